The van der Waals surface area contributed by atoms with Crippen LogP contribution in [0.15, 0.2) is 42.5 Å². The van der Waals surface area contributed by atoms with Gasteiger partial charge in [0.25, 0.3) is 0 Å². The monoisotopic (exact) mass is 354 g/mol. The summed E-state index contributed by atoms with van der Waals surface area (Å²) in [5.41, 5.74) is 8.02. The van der Waals surface area contributed by atoms with Gasteiger partial charge in [0.1, 0.15) is 11.6 Å². The number of carbonyl (C=O) groups excluding carboxylic acids is 1. The third kappa shape index (κ3) is 4.50. The average Bonchev–Trinajstić information content (AvgIpc) is 2.62. The lowest BCUT2D eigenvalue weighted by molar-refractivity contribution is 0.159. The molecule has 7 heteroatoms. The van der Waals surface area contributed by atoms with Crippen LogP contribution in [-0.4, -0.2) is 29.3 Å². The zero-order valence-electron chi connectivity index (χ0n) is 14.7. The molecule has 0 radical (unpaired) electrons. The highest BCUT2D eigenvalue weighted by Gasteiger charge is 2.21. The van der Waals surface area contributed by atoms with Crippen LogP contribution in [-0.2, 0) is 17.7 Å². The number of allylic oxidation sites excluding steroid dienone is 1. The third-order valence-corrected chi connectivity index (χ3v) is 3.84. The Labute approximate surface area is 152 Å². The van der Waals surface area contributed by atoms with E-state index in [-0.39, 0.29) is 18.4 Å². The second-order valence-electron chi connectivity index (χ2n) is 5.85. The van der Waals surface area contributed by atoms with E-state index in [4.69, 9.17) is 15.2 Å². The molecule has 1 aromatic heterocycles. The van der Waals surface area contributed by atoms with Gasteiger partial charge in [-0.25, -0.2) is 4.79 Å². The molecule has 0 aliphatic carbocycles. The van der Waals surface area contributed by atoms with Crippen LogP contribution in [0.4, 0.5) is 16.4 Å². The Morgan fingerprint density at radius 2 is 2.12 bits per heavy atom. The van der Waals surface area contributed by atoms with Gasteiger partial charge in [-0.1, -0.05) is 36.4 Å². The van der Waals surface area contributed by atoms with Gasteiger partial charge in [-0.15, -0.1) is 0 Å². The van der Waals surface area contributed by atoms with Crippen molar-refractivity contribution in [2.75, 3.05) is 23.8 Å². The van der Waals surface area contributed by atoms with Crippen molar-refractivity contribution in [2.24, 2.45) is 0 Å². The maximum Gasteiger partial charge on any atom is 0.415 e. The summed E-state index contributed by atoms with van der Waals surface area (Å²) in [5.74, 6) is 0.583. The second-order valence-corrected chi connectivity index (χ2v) is 5.85. The lowest BCUT2D eigenvalue weighted by Crippen LogP contribution is -2.32. The van der Waals surface area contributed by atoms with E-state index in [9.17, 15) is 4.79 Å². The van der Waals surface area contributed by atoms with Gasteiger partial charge in [-0.2, -0.15) is 9.97 Å². The summed E-state index contributed by atoms with van der Waals surface area (Å²) >= 11 is 0. The van der Waals surface area contributed by atoms with E-state index >= 15 is 0 Å². The minimum absolute atomic E-state index is 0.147. The molecule has 7 nitrogen and oxygen atoms in total. The smallest absolute Gasteiger partial charge is 0.415 e. The van der Waals surface area contributed by atoms with Gasteiger partial charge in [0.2, 0.25) is 0 Å². The maximum absolute atomic E-state index is 12.5. The summed E-state index contributed by atoms with van der Waals surface area (Å²) in [5, 5.41) is 0. The number of anilines is 2. The minimum atomic E-state index is -0.492. The summed E-state index contributed by atoms with van der Waals surface area (Å²) < 4.78 is 10.8. The first-order valence-corrected chi connectivity index (χ1v) is 8.60. The number of hydrogen-bond donors (Lipinski definition) is 1. The molecule has 0 atom stereocenters. The molecule has 26 heavy (non-hydrogen) atoms. The van der Waals surface area contributed by atoms with E-state index in [2.05, 4.69) is 34.3 Å². The van der Waals surface area contributed by atoms with Crippen LogP contribution in [0.25, 0.3) is 0 Å². The quantitative estimate of drug-likeness (QED) is 0.791. The normalized spacial score (nSPS) is 15.5. The fourth-order valence-electron chi connectivity index (χ4n) is 2.67. The molecule has 1 aliphatic heterocycles. The largest absolute Gasteiger partial charge is 0.463 e. The van der Waals surface area contributed by atoms with Crippen LogP contribution in [0, 0.1) is 0 Å². The molecule has 0 fully saturated rings. The van der Waals surface area contributed by atoms with Crippen molar-refractivity contribution in [3.8, 4) is 6.01 Å². The van der Waals surface area contributed by atoms with Crippen molar-refractivity contribution < 1.29 is 14.3 Å². The van der Waals surface area contributed by atoms with Crippen LogP contribution >= 0.6 is 0 Å². The molecule has 1 aliphatic rings. The first kappa shape index (κ1) is 17.7. The molecule has 0 unspecified atom stereocenters. The highest BCUT2D eigenvalue weighted by atomic mass is 16.6. The van der Waals surface area contributed by atoms with Gasteiger partial charge in [0, 0.05) is 6.07 Å². The van der Waals surface area contributed by atoms with E-state index in [1.807, 2.05) is 12.1 Å². The standard InChI is InChI=1S/C19H22N4O3/c1-2-25-19(24)23-13-15-9-6-8-14(11-15)7-4-3-5-10-26-18-21-16(20)12-17(23)22-18/h3-4,6,8-9,11-12H,2,5,7,10,13H2,1H3,(H2,20,21,22)/b4-3-. The van der Waals surface area contributed by atoms with E-state index in [0.29, 0.717) is 19.0 Å². The number of benzene rings is 1. The van der Waals surface area contributed by atoms with Gasteiger partial charge < -0.3 is 15.2 Å². The minimum Gasteiger partial charge on any atom is -0.463 e. The van der Waals surface area contributed by atoms with Gasteiger partial charge in [-0.3, -0.25) is 4.90 Å². The predicted octanol–water partition coefficient (Wildman–Crippen LogP) is 3.10. The summed E-state index contributed by atoms with van der Waals surface area (Å²) in [6.07, 6.45) is 5.23. The molecule has 0 spiro atoms. The Morgan fingerprint density at radius 3 is 2.96 bits per heavy atom. The number of rotatable bonds is 1. The van der Waals surface area contributed by atoms with E-state index in [0.717, 1.165) is 18.4 Å². The molecular formula is C19H22N4O3. The number of aromatic nitrogens is 2. The molecule has 0 saturated heterocycles. The molecule has 136 valence electrons. The van der Waals surface area contributed by atoms with Gasteiger partial charge >= 0.3 is 12.1 Å². The highest BCUT2D eigenvalue weighted by molar-refractivity contribution is 5.86. The molecular weight excluding hydrogens is 332 g/mol. The number of amides is 1. The van der Waals surface area contributed by atoms with Crippen LogP contribution < -0.4 is 15.4 Å². The van der Waals surface area contributed by atoms with Gasteiger partial charge in [0.15, 0.2) is 0 Å². The number of nitrogen functional groups attached to an aromatic ring is 1. The molecule has 1 amide bonds. The molecule has 2 N–H and O–H groups in total. The number of nitrogens with two attached hydrogens (primary N) is 1. The Bertz CT molecular complexity index is 807. The van der Waals surface area contributed by atoms with Crippen molar-refractivity contribution in [3.63, 3.8) is 0 Å². The number of hydrogen-bond acceptors (Lipinski definition) is 6. The molecule has 1 aromatic carbocycles. The fourth-order valence-corrected chi connectivity index (χ4v) is 2.67. The number of nitrogens with zero attached hydrogens (tertiary/aromatic N) is 3. The van der Waals surface area contributed by atoms with E-state index < -0.39 is 6.09 Å². The fraction of sp³-hybridized carbons (Fsp3) is 0.316. The number of ether oxygens (including phenoxy) is 2. The van der Waals surface area contributed by atoms with E-state index in [1.54, 1.807) is 13.0 Å². The predicted molar refractivity (Wildman–Crippen MR) is 99.0 cm³/mol. The summed E-state index contributed by atoms with van der Waals surface area (Å²) in [6, 6.07) is 9.77. The Kier molecular flexibility index (Phi) is 5.68. The van der Waals surface area contributed by atoms with Crippen LogP contribution in [0.3, 0.4) is 0 Å². The summed E-state index contributed by atoms with van der Waals surface area (Å²) in [4.78, 5) is 22.4. The SMILES string of the molecule is CCOC(=O)N1Cc2cccc(c2)C/C=C\CCOc2nc(N)cc1n2. The number of fused-ring (bicyclic) bond motifs is 4. The summed E-state index contributed by atoms with van der Waals surface area (Å²) in [6.45, 7) is 2.77. The molecule has 0 saturated carbocycles. The first-order chi connectivity index (χ1) is 12.7. The molecule has 3 rings (SSSR count). The Hall–Kier alpha value is -3.09. The van der Waals surface area contributed by atoms with Gasteiger partial charge in [-0.05, 0) is 30.9 Å². The van der Waals surface area contributed by atoms with Crippen molar-refractivity contribution in [2.45, 2.75) is 26.3 Å². The van der Waals surface area contributed by atoms with Gasteiger partial charge in [0.05, 0.1) is 19.8 Å². The first-order valence-electron chi connectivity index (χ1n) is 8.60. The topological polar surface area (TPSA) is 90.6 Å². The van der Waals surface area contributed by atoms with Crippen molar-refractivity contribution in [1.29, 1.82) is 0 Å². The highest BCUT2D eigenvalue weighted by Crippen LogP contribution is 2.22. The lowest BCUT2D eigenvalue weighted by Gasteiger charge is -2.22. The average molecular weight is 354 g/mol. The van der Waals surface area contributed by atoms with Crippen LogP contribution in [0.1, 0.15) is 24.5 Å². The molecule has 2 aromatic rings. The zero-order valence-corrected chi connectivity index (χ0v) is 14.7. The van der Waals surface area contributed by atoms with Crippen LogP contribution in [0.5, 0.6) is 6.01 Å². The summed E-state index contributed by atoms with van der Waals surface area (Å²) in [7, 11) is 0. The van der Waals surface area contributed by atoms with Crippen molar-refractivity contribution in [1.82, 2.24) is 9.97 Å². The van der Waals surface area contributed by atoms with Crippen LogP contribution in [0.2, 0.25) is 0 Å². The Balaban J connectivity index is 2.02. The van der Waals surface area contributed by atoms with Crippen molar-refractivity contribution >= 4 is 17.7 Å². The van der Waals surface area contributed by atoms with E-state index in [1.165, 1.54) is 10.5 Å². The second kappa shape index (κ2) is 8.33. The lowest BCUT2D eigenvalue weighted by atomic mass is 10.1. The zero-order chi connectivity index (χ0) is 18.4. The van der Waals surface area contributed by atoms with Crippen molar-refractivity contribution in [3.05, 3.63) is 53.6 Å². The molecule has 4 bridgehead atoms. The Morgan fingerprint density at radius 1 is 1.27 bits per heavy atom. The maximum atomic E-state index is 12.5. The molecule has 2 heterocycles. The number of carbonyl (C=O) groups is 1. The third-order valence-electron chi connectivity index (χ3n) is 3.84.